The van der Waals surface area contributed by atoms with Gasteiger partial charge in [-0.05, 0) is 38.0 Å². The summed E-state index contributed by atoms with van der Waals surface area (Å²) in [5.74, 6) is -1.57. The second-order valence-electron chi connectivity index (χ2n) is 5.74. The average molecular weight is 340 g/mol. The number of hydrogen-bond acceptors (Lipinski definition) is 4. The van der Waals surface area contributed by atoms with Crippen molar-refractivity contribution >= 4 is 27.6 Å². The van der Waals surface area contributed by atoms with Crippen molar-refractivity contribution in [1.29, 1.82) is 0 Å². The number of benzene rings is 1. The molecule has 0 saturated carbocycles. The molecule has 1 unspecified atom stereocenters. The zero-order chi connectivity index (χ0) is 17.3. The molecule has 0 aliphatic carbocycles. The van der Waals surface area contributed by atoms with Gasteiger partial charge in [-0.3, -0.25) is 9.10 Å². The van der Waals surface area contributed by atoms with Gasteiger partial charge in [0.2, 0.25) is 10.0 Å². The van der Waals surface area contributed by atoms with Crippen LogP contribution in [0.5, 0.6) is 0 Å². The molecule has 1 fully saturated rings. The van der Waals surface area contributed by atoms with Gasteiger partial charge in [0.15, 0.2) is 0 Å². The number of amides is 1. The summed E-state index contributed by atoms with van der Waals surface area (Å²) in [6.07, 6.45) is 0.778. The van der Waals surface area contributed by atoms with Crippen molar-refractivity contribution in [3.8, 4) is 0 Å². The van der Waals surface area contributed by atoms with Gasteiger partial charge in [-0.1, -0.05) is 13.0 Å². The van der Waals surface area contributed by atoms with Crippen LogP contribution in [0, 0.1) is 0 Å². The Labute approximate surface area is 135 Å². The van der Waals surface area contributed by atoms with Crippen molar-refractivity contribution in [1.82, 2.24) is 5.32 Å². The molecule has 0 spiro atoms. The maximum absolute atomic E-state index is 12.3. The molecular weight excluding hydrogens is 320 g/mol. The van der Waals surface area contributed by atoms with E-state index in [-0.39, 0.29) is 17.7 Å². The van der Waals surface area contributed by atoms with E-state index in [1.807, 2.05) is 0 Å². The summed E-state index contributed by atoms with van der Waals surface area (Å²) in [4.78, 5) is 23.6. The lowest BCUT2D eigenvalue weighted by molar-refractivity contribution is -0.143. The molecule has 0 aromatic heterocycles. The molecular formula is C15H20N2O5S. The molecule has 126 valence electrons. The lowest BCUT2D eigenvalue weighted by Crippen LogP contribution is -2.51. The summed E-state index contributed by atoms with van der Waals surface area (Å²) in [5.41, 5.74) is -0.721. The summed E-state index contributed by atoms with van der Waals surface area (Å²) in [7, 11) is -3.33. The van der Waals surface area contributed by atoms with Crippen molar-refractivity contribution < 1.29 is 23.1 Å². The fourth-order valence-electron chi connectivity index (χ4n) is 2.35. The van der Waals surface area contributed by atoms with Crippen molar-refractivity contribution in [2.24, 2.45) is 0 Å². The highest BCUT2D eigenvalue weighted by atomic mass is 32.2. The molecule has 23 heavy (non-hydrogen) atoms. The molecule has 1 saturated heterocycles. The Balaban J connectivity index is 2.26. The number of nitrogens with one attached hydrogen (secondary N) is 1. The van der Waals surface area contributed by atoms with Crippen LogP contribution in [0.3, 0.4) is 0 Å². The predicted molar refractivity (Wildman–Crippen MR) is 86.0 cm³/mol. The van der Waals surface area contributed by atoms with Crippen molar-refractivity contribution in [3.63, 3.8) is 0 Å². The standard InChI is InChI=1S/C15H20N2O5S/c1-3-15(2,14(19)20)16-13(18)11-6-4-7-12(10-11)17-8-5-9-23(17,21)22/h4,6-7,10H,3,5,8-9H2,1-2H3,(H,16,18)(H,19,20). The topological polar surface area (TPSA) is 104 Å². The molecule has 7 nitrogen and oxygen atoms in total. The second-order valence-corrected chi connectivity index (χ2v) is 7.75. The van der Waals surface area contributed by atoms with E-state index in [0.29, 0.717) is 18.7 Å². The molecule has 1 atom stereocenters. The average Bonchev–Trinajstić information content (AvgIpc) is 2.86. The lowest BCUT2D eigenvalue weighted by Gasteiger charge is -2.25. The quantitative estimate of drug-likeness (QED) is 0.838. The Bertz CT molecular complexity index is 731. The third-order valence-electron chi connectivity index (χ3n) is 4.06. The second kappa shape index (κ2) is 6.19. The first-order chi connectivity index (χ1) is 10.7. The fourth-order valence-corrected chi connectivity index (χ4v) is 3.90. The van der Waals surface area contributed by atoms with Crippen LogP contribution in [-0.2, 0) is 14.8 Å². The number of carbonyl (C=O) groups excluding carboxylic acids is 1. The summed E-state index contributed by atoms with van der Waals surface area (Å²) < 4.78 is 25.2. The van der Waals surface area contributed by atoms with Crippen molar-refractivity contribution in [2.45, 2.75) is 32.2 Å². The molecule has 1 aromatic carbocycles. The fraction of sp³-hybridized carbons (Fsp3) is 0.467. The smallest absolute Gasteiger partial charge is 0.329 e. The number of rotatable bonds is 5. The first-order valence-electron chi connectivity index (χ1n) is 7.36. The van der Waals surface area contributed by atoms with Crippen LogP contribution in [0.15, 0.2) is 24.3 Å². The molecule has 0 radical (unpaired) electrons. The number of carboxylic acids is 1. The minimum Gasteiger partial charge on any atom is -0.480 e. The third kappa shape index (κ3) is 3.47. The minimum absolute atomic E-state index is 0.0936. The van der Waals surface area contributed by atoms with Gasteiger partial charge in [0, 0.05) is 12.1 Å². The molecule has 1 amide bonds. The van der Waals surface area contributed by atoms with Crippen molar-refractivity contribution in [3.05, 3.63) is 29.8 Å². The first-order valence-corrected chi connectivity index (χ1v) is 8.97. The summed E-state index contributed by atoms with van der Waals surface area (Å²) in [5, 5.41) is 11.7. The number of aliphatic carboxylic acids is 1. The molecule has 1 aromatic rings. The monoisotopic (exact) mass is 340 g/mol. The van der Waals surface area contributed by atoms with Gasteiger partial charge in [-0.25, -0.2) is 13.2 Å². The zero-order valence-corrected chi connectivity index (χ0v) is 13.9. The Hall–Kier alpha value is -2.09. The minimum atomic E-state index is -3.33. The van der Waals surface area contributed by atoms with E-state index < -0.39 is 27.4 Å². The van der Waals surface area contributed by atoms with Crippen molar-refractivity contribution in [2.75, 3.05) is 16.6 Å². The molecule has 2 rings (SSSR count). The van der Waals surface area contributed by atoms with E-state index in [1.165, 1.54) is 23.4 Å². The van der Waals surface area contributed by atoms with E-state index in [0.717, 1.165) is 0 Å². The highest BCUT2D eigenvalue weighted by Crippen LogP contribution is 2.25. The summed E-state index contributed by atoms with van der Waals surface area (Å²) >= 11 is 0. The maximum atomic E-state index is 12.3. The first kappa shape index (κ1) is 17.3. The highest BCUT2D eigenvalue weighted by Gasteiger charge is 2.33. The number of sulfonamides is 1. The van der Waals surface area contributed by atoms with Crippen LogP contribution in [0.4, 0.5) is 5.69 Å². The number of carbonyl (C=O) groups is 2. The molecule has 1 aliphatic rings. The normalized spacial score (nSPS) is 19.1. The van der Waals surface area contributed by atoms with Gasteiger partial charge in [-0.15, -0.1) is 0 Å². The van der Waals surface area contributed by atoms with Gasteiger partial charge >= 0.3 is 5.97 Å². The van der Waals surface area contributed by atoms with Gasteiger partial charge in [0.05, 0.1) is 11.4 Å². The lowest BCUT2D eigenvalue weighted by atomic mass is 9.98. The van der Waals surface area contributed by atoms with Crippen LogP contribution in [0.25, 0.3) is 0 Å². The van der Waals surface area contributed by atoms with Crippen LogP contribution in [-0.4, -0.2) is 43.2 Å². The van der Waals surface area contributed by atoms with Crippen LogP contribution >= 0.6 is 0 Å². The van der Waals surface area contributed by atoms with Gasteiger partial charge in [0.25, 0.3) is 5.91 Å². The van der Waals surface area contributed by atoms with E-state index in [4.69, 9.17) is 0 Å². The van der Waals surface area contributed by atoms with Gasteiger partial charge in [-0.2, -0.15) is 0 Å². The number of hydrogen-bond donors (Lipinski definition) is 2. The maximum Gasteiger partial charge on any atom is 0.329 e. The number of nitrogens with zero attached hydrogens (tertiary/aromatic N) is 1. The largest absolute Gasteiger partial charge is 0.480 e. The Morgan fingerprint density at radius 1 is 1.39 bits per heavy atom. The predicted octanol–water partition coefficient (Wildman–Crippen LogP) is 1.21. The van der Waals surface area contributed by atoms with Crippen LogP contribution in [0.1, 0.15) is 37.0 Å². The molecule has 1 heterocycles. The van der Waals surface area contributed by atoms with Crippen LogP contribution < -0.4 is 9.62 Å². The van der Waals surface area contributed by atoms with Gasteiger partial charge in [0.1, 0.15) is 5.54 Å². The van der Waals surface area contributed by atoms with E-state index >= 15 is 0 Å². The van der Waals surface area contributed by atoms with E-state index in [9.17, 15) is 23.1 Å². The van der Waals surface area contributed by atoms with E-state index in [1.54, 1.807) is 19.1 Å². The zero-order valence-electron chi connectivity index (χ0n) is 13.1. The summed E-state index contributed by atoms with van der Waals surface area (Å²) in [6.45, 7) is 3.48. The summed E-state index contributed by atoms with van der Waals surface area (Å²) in [6, 6.07) is 6.20. The number of anilines is 1. The number of carboxylic acid groups (broad SMARTS) is 1. The SMILES string of the molecule is CCC(C)(NC(=O)c1cccc(N2CCCS2(=O)=O)c1)C(=O)O. The molecule has 8 heteroatoms. The Morgan fingerprint density at radius 2 is 2.09 bits per heavy atom. The Morgan fingerprint density at radius 3 is 2.61 bits per heavy atom. The third-order valence-corrected chi connectivity index (χ3v) is 5.93. The van der Waals surface area contributed by atoms with Gasteiger partial charge < -0.3 is 10.4 Å². The Kier molecular flexibility index (Phi) is 4.65. The van der Waals surface area contributed by atoms with Crippen LogP contribution in [0.2, 0.25) is 0 Å². The molecule has 1 aliphatic heterocycles. The van der Waals surface area contributed by atoms with E-state index in [2.05, 4.69) is 5.32 Å². The molecule has 0 bridgehead atoms. The highest BCUT2D eigenvalue weighted by molar-refractivity contribution is 7.93. The molecule has 2 N–H and O–H groups in total.